The number of nitriles is 1. The van der Waals surface area contributed by atoms with Gasteiger partial charge in [0.1, 0.15) is 5.60 Å². The summed E-state index contributed by atoms with van der Waals surface area (Å²) in [5, 5.41) is 11.5. The van der Waals surface area contributed by atoms with E-state index in [1.165, 1.54) is 10.6 Å². The van der Waals surface area contributed by atoms with Crippen LogP contribution in [0.2, 0.25) is 0 Å². The van der Waals surface area contributed by atoms with E-state index in [0.29, 0.717) is 32.1 Å². The minimum Gasteiger partial charge on any atom is -0.442 e. The van der Waals surface area contributed by atoms with E-state index in [1.54, 1.807) is 20.8 Å². The normalized spacial score (nSPS) is 37.1. The minimum atomic E-state index is -0.781. The summed E-state index contributed by atoms with van der Waals surface area (Å²) in [5.74, 6) is -0.0939. The molecule has 2 N–H and O–H groups in total. The molecule has 0 aromatic heterocycles. The van der Waals surface area contributed by atoms with Crippen LogP contribution in [0.15, 0.2) is 30.3 Å². The molecule has 5 fully saturated rings. The van der Waals surface area contributed by atoms with Gasteiger partial charge in [-0.2, -0.15) is 5.26 Å². The molecule has 36 heavy (non-hydrogen) atoms. The molecule has 5 saturated carbocycles. The summed E-state index contributed by atoms with van der Waals surface area (Å²) >= 11 is 0. The molecule has 0 radical (unpaired) electrons. The number of rotatable bonds is 3. The fraction of sp³-hybridized carbons (Fsp3) is 0.690. The molecule has 7 nitrogen and oxygen atoms in total. The third-order valence-corrected chi connectivity index (χ3v) is 8.95. The molecule has 5 aliphatic rings. The van der Waals surface area contributed by atoms with Gasteiger partial charge in [-0.3, -0.25) is 0 Å². The standard InChI is InChI=1S/C29H39N3O4/c1-26(2,3)35-25(34)32(23-11-9-22(31)10-12-23)36-24(33)29-15-20-13-27(17-29,19-30)16-28(14-20,18-29)21-7-5-4-6-8-21/h4-8,20,22-23H,9-18,31H2,1-3H3. The molecule has 0 heterocycles. The van der Waals surface area contributed by atoms with Gasteiger partial charge in [0.2, 0.25) is 0 Å². The van der Waals surface area contributed by atoms with Crippen molar-refractivity contribution >= 4 is 12.1 Å². The zero-order valence-electron chi connectivity index (χ0n) is 21.8. The summed E-state index contributed by atoms with van der Waals surface area (Å²) in [5.41, 5.74) is 5.06. The van der Waals surface area contributed by atoms with Gasteiger partial charge in [-0.15, -0.1) is 5.06 Å². The Morgan fingerprint density at radius 1 is 1.03 bits per heavy atom. The van der Waals surface area contributed by atoms with Gasteiger partial charge in [0, 0.05) is 6.04 Å². The summed E-state index contributed by atoms with van der Waals surface area (Å²) in [7, 11) is 0. The number of benzene rings is 1. The van der Waals surface area contributed by atoms with E-state index in [2.05, 4.69) is 18.2 Å². The van der Waals surface area contributed by atoms with Crippen molar-refractivity contribution in [2.45, 2.75) is 108 Å². The van der Waals surface area contributed by atoms with E-state index in [1.807, 2.05) is 18.2 Å². The number of nitrogens with zero attached hydrogens (tertiary/aromatic N) is 2. The van der Waals surface area contributed by atoms with Crippen LogP contribution < -0.4 is 5.73 Å². The van der Waals surface area contributed by atoms with Gasteiger partial charge in [0.05, 0.1) is 22.9 Å². The van der Waals surface area contributed by atoms with Gasteiger partial charge in [-0.25, -0.2) is 9.59 Å². The Hall–Kier alpha value is -2.59. The molecule has 7 heteroatoms. The molecule has 194 valence electrons. The van der Waals surface area contributed by atoms with Crippen molar-refractivity contribution in [2.24, 2.45) is 22.5 Å². The summed E-state index contributed by atoms with van der Waals surface area (Å²) in [4.78, 5) is 33.4. The molecule has 6 rings (SSSR count). The van der Waals surface area contributed by atoms with Crippen molar-refractivity contribution in [3.63, 3.8) is 0 Å². The first-order valence-electron chi connectivity index (χ1n) is 13.4. The second-order valence-corrected chi connectivity index (χ2v) is 13.1. The van der Waals surface area contributed by atoms with E-state index in [4.69, 9.17) is 15.3 Å². The Morgan fingerprint density at radius 3 is 2.36 bits per heavy atom. The van der Waals surface area contributed by atoms with Gasteiger partial charge in [-0.1, -0.05) is 30.3 Å². The number of carbonyl (C=O) groups is 2. The Labute approximate surface area is 214 Å². The number of hydrogen-bond acceptors (Lipinski definition) is 6. The van der Waals surface area contributed by atoms with E-state index in [-0.39, 0.29) is 29.4 Å². The van der Waals surface area contributed by atoms with Crippen LogP contribution in [0.5, 0.6) is 0 Å². The highest BCUT2D eigenvalue weighted by atomic mass is 16.8. The molecule has 4 bridgehead atoms. The number of carbonyl (C=O) groups excluding carboxylic acids is 2. The van der Waals surface area contributed by atoms with Crippen molar-refractivity contribution < 1.29 is 19.2 Å². The van der Waals surface area contributed by atoms with Crippen molar-refractivity contribution in [1.82, 2.24) is 5.06 Å². The van der Waals surface area contributed by atoms with Gasteiger partial charge >= 0.3 is 12.1 Å². The highest BCUT2D eigenvalue weighted by Gasteiger charge is 2.67. The van der Waals surface area contributed by atoms with Gasteiger partial charge in [-0.05, 0) is 102 Å². The van der Waals surface area contributed by atoms with Crippen LogP contribution in [0, 0.1) is 28.1 Å². The van der Waals surface area contributed by atoms with Crippen molar-refractivity contribution in [3.8, 4) is 6.07 Å². The molecule has 1 amide bonds. The highest BCUT2D eigenvalue weighted by molar-refractivity contribution is 5.80. The molecular weight excluding hydrogens is 454 g/mol. The largest absolute Gasteiger partial charge is 0.444 e. The highest BCUT2D eigenvalue weighted by Crippen LogP contribution is 2.70. The zero-order valence-corrected chi connectivity index (χ0v) is 21.8. The average Bonchev–Trinajstić information content (AvgIpc) is 2.82. The lowest BCUT2D eigenvalue weighted by atomic mass is 9.38. The fourth-order valence-corrected chi connectivity index (χ4v) is 7.99. The van der Waals surface area contributed by atoms with Crippen molar-refractivity contribution in [3.05, 3.63) is 35.9 Å². The minimum absolute atomic E-state index is 0.0989. The number of hydrogen-bond donors (Lipinski definition) is 1. The van der Waals surface area contributed by atoms with Crippen LogP contribution in [-0.4, -0.2) is 34.8 Å². The Balaban J connectivity index is 1.45. The van der Waals surface area contributed by atoms with E-state index in [9.17, 15) is 14.9 Å². The summed E-state index contributed by atoms with van der Waals surface area (Å²) in [6.07, 6.45) is 6.71. The number of nitrogens with two attached hydrogens (primary N) is 1. The number of hydroxylamine groups is 2. The monoisotopic (exact) mass is 493 g/mol. The lowest BCUT2D eigenvalue weighted by molar-refractivity contribution is -0.223. The molecule has 0 aliphatic heterocycles. The van der Waals surface area contributed by atoms with Crippen LogP contribution in [0.25, 0.3) is 0 Å². The lowest BCUT2D eigenvalue weighted by Crippen LogP contribution is -2.62. The van der Waals surface area contributed by atoms with E-state index in [0.717, 1.165) is 32.1 Å². The first kappa shape index (κ1) is 25.1. The Kier molecular flexibility index (Phi) is 6.10. The second-order valence-electron chi connectivity index (χ2n) is 13.1. The maximum atomic E-state index is 14.1. The van der Waals surface area contributed by atoms with Gasteiger partial charge < -0.3 is 15.3 Å². The molecule has 1 aromatic carbocycles. The lowest BCUT2D eigenvalue weighted by Gasteiger charge is -2.63. The van der Waals surface area contributed by atoms with Crippen molar-refractivity contribution in [1.29, 1.82) is 5.26 Å². The van der Waals surface area contributed by atoms with Gasteiger partial charge in [0.25, 0.3) is 0 Å². The quantitative estimate of drug-likeness (QED) is 0.567. The molecule has 5 aliphatic carbocycles. The van der Waals surface area contributed by atoms with Crippen LogP contribution in [0.1, 0.15) is 90.5 Å². The summed E-state index contributed by atoms with van der Waals surface area (Å²) in [6.45, 7) is 5.42. The zero-order chi connectivity index (χ0) is 25.8. The first-order valence-corrected chi connectivity index (χ1v) is 13.4. The summed E-state index contributed by atoms with van der Waals surface area (Å²) < 4.78 is 5.66. The third kappa shape index (κ3) is 4.49. The maximum Gasteiger partial charge on any atom is 0.444 e. The van der Waals surface area contributed by atoms with Crippen LogP contribution >= 0.6 is 0 Å². The summed E-state index contributed by atoms with van der Waals surface area (Å²) in [6, 6.07) is 12.8. The second kappa shape index (κ2) is 8.76. The Morgan fingerprint density at radius 2 is 1.72 bits per heavy atom. The smallest absolute Gasteiger partial charge is 0.442 e. The predicted octanol–water partition coefficient (Wildman–Crippen LogP) is 5.38. The van der Waals surface area contributed by atoms with E-state index < -0.39 is 22.5 Å². The van der Waals surface area contributed by atoms with Crippen molar-refractivity contribution in [2.75, 3.05) is 0 Å². The van der Waals surface area contributed by atoms with E-state index >= 15 is 0 Å². The molecular formula is C29H39N3O4. The fourth-order valence-electron chi connectivity index (χ4n) is 7.99. The average molecular weight is 494 g/mol. The van der Waals surface area contributed by atoms with Crippen LogP contribution in [-0.2, 0) is 19.8 Å². The SMILES string of the molecule is CC(C)(C)OC(=O)N(OC(=O)C12CC3CC(C#N)(C1)CC(c1ccccc1)(C3)C2)C1CCC(N)CC1. The third-order valence-electron chi connectivity index (χ3n) is 8.95. The topological polar surface area (TPSA) is 106 Å². The predicted molar refractivity (Wildman–Crippen MR) is 134 cm³/mol. The maximum absolute atomic E-state index is 14.1. The Bertz CT molecular complexity index is 1050. The number of ether oxygens (including phenoxy) is 1. The number of amides is 1. The molecule has 4 atom stereocenters. The molecule has 0 spiro atoms. The molecule has 1 aromatic rings. The first-order chi connectivity index (χ1) is 17.0. The van der Waals surface area contributed by atoms with Crippen LogP contribution in [0.3, 0.4) is 0 Å². The molecule has 4 unspecified atom stereocenters. The van der Waals surface area contributed by atoms with Gasteiger partial charge in [0.15, 0.2) is 0 Å². The molecule has 0 saturated heterocycles. The van der Waals surface area contributed by atoms with Crippen LogP contribution in [0.4, 0.5) is 4.79 Å².